The molecular weight excluding hydrogens is 144 g/mol. The van der Waals surface area contributed by atoms with Crippen molar-refractivity contribution in [2.24, 2.45) is 0 Å². The minimum absolute atomic E-state index is 0.209. The van der Waals surface area contributed by atoms with E-state index in [1.165, 1.54) is 6.26 Å². The van der Waals surface area contributed by atoms with Crippen LogP contribution >= 0.6 is 0 Å². The highest BCUT2D eigenvalue weighted by molar-refractivity contribution is 5.86. The second-order valence-corrected chi connectivity index (χ2v) is 2.19. The number of rotatable bonds is 2. The zero-order chi connectivity index (χ0) is 8.27. The minimum atomic E-state index is -0.475. The van der Waals surface area contributed by atoms with E-state index in [0.29, 0.717) is 0 Å². The topological polar surface area (TPSA) is 39.4 Å². The standard InChI is InChI=1S/C8H9O3/c1-6(2)11-8(9)7-4-3-5-10-7/h3-6H,1H2,2H3. The van der Waals surface area contributed by atoms with Crippen molar-refractivity contribution in [2.45, 2.75) is 13.0 Å². The first kappa shape index (κ1) is 7.85. The monoisotopic (exact) mass is 153 g/mol. The third-order valence-electron chi connectivity index (χ3n) is 1.03. The van der Waals surface area contributed by atoms with E-state index in [4.69, 9.17) is 9.15 Å². The highest BCUT2D eigenvalue weighted by Gasteiger charge is 2.10. The zero-order valence-electron chi connectivity index (χ0n) is 6.24. The summed E-state index contributed by atoms with van der Waals surface area (Å²) in [5.74, 6) is -0.266. The molecule has 0 fully saturated rings. The van der Waals surface area contributed by atoms with Crippen LogP contribution in [0.15, 0.2) is 22.8 Å². The van der Waals surface area contributed by atoms with Gasteiger partial charge in [0.1, 0.15) is 0 Å². The molecule has 1 heterocycles. The largest absolute Gasteiger partial charge is 0.457 e. The van der Waals surface area contributed by atoms with E-state index < -0.39 is 5.97 Å². The van der Waals surface area contributed by atoms with Crippen LogP contribution in [0, 0.1) is 6.92 Å². The lowest BCUT2D eigenvalue weighted by atomic mass is 10.4. The molecular formula is C8H9O3. The summed E-state index contributed by atoms with van der Waals surface area (Å²) in [7, 11) is 0. The molecule has 1 atom stereocenters. The number of hydrogen-bond donors (Lipinski definition) is 0. The fourth-order valence-corrected chi connectivity index (χ4v) is 0.636. The van der Waals surface area contributed by atoms with Crippen molar-refractivity contribution in [1.29, 1.82) is 0 Å². The third kappa shape index (κ3) is 2.11. The van der Waals surface area contributed by atoms with Crippen molar-refractivity contribution in [1.82, 2.24) is 0 Å². The maximum absolute atomic E-state index is 11.0. The summed E-state index contributed by atoms with van der Waals surface area (Å²) in [5, 5.41) is 0. The average Bonchev–Trinajstić information content (AvgIpc) is 2.35. The maximum Gasteiger partial charge on any atom is 0.374 e. The Hall–Kier alpha value is -1.25. The van der Waals surface area contributed by atoms with Crippen LogP contribution in [0.3, 0.4) is 0 Å². The second kappa shape index (κ2) is 3.23. The molecule has 0 amide bonds. The van der Waals surface area contributed by atoms with Gasteiger partial charge in [0.15, 0.2) is 0 Å². The van der Waals surface area contributed by atoms with E-state index in [2.05, 4.69) is 6.92 Å². The molecule has 0 saturated heterocycles. The fraction of sp³-hybridized carbons (Fsp3) is 0.250. The van der Waals surface area contributed by atoms with Crippen LogP contribution in [-0.2, 0) is 4.74 Å². The number of ether oxygens (including phenoxy) is 1. The predicted molar refractivity (Wildman–Crippen MR) is 38.9 cm³/mol. The van der Waals surface area contributed by atoms with Gasteiger partial charge in [0.05, 0.1) is 12.4 Å². The Bertz CT molecular complexity index is 223. The summed E-state index contributed by atoms with van der Waals surface area (Å²) in [5.41, 5.74) is 0. The summed E-state index contributed by atoms with van der Waals surface area (Å²) in [4.78, 5) is 11.0. The number of hydrogen-bond acceptors (Lipinski definition) is 3. The van der Waals surface area contributed by atoms with Gasteiger partial charge in [0, 0.05) is 0 Å². The Morgan fingerprint density at radius 1 is 1.82 bits per heavy atom. The summed E-state index contributed by atoms with van der Waals surface area (Å²) in [6.07, 6.45) is 1.07. The highest BCUT2D eigenvalue weighted by atomic mass is 16.6. The van der Waals surface area contributed by atoms with Crippen molar-refractivity contribution < 1.29 is 13.9 Å². The normalized spacial score (nSPS) is 10.1. The average molecular weight is 153 g/mol. The Labute approximate surface area is 65.0 Å². The van der Waals surface area contributed by atoms with Gasteiger partial charge in [-0.2, -0.15) is 0 Å². The van der Waals surface area contributed by atoms with E-state index in [9.17, 15) is 4.79 Å². The molecule has 0 spiro atoms. The molecule has 11 heavy (non-hydrogen) atoms. The molecule has 1 rings (SSSR count). The number of carbonyl (C=O) groups is 1. The van der Waals surface area contributed by atoms with Crippen molar-refractivity contribution in [3.63, 3.8) is 0 Å². The molecule has 0 aliphatic heterocycles. The van der Waals surface area contributed by atoms with Gasteiger partial charge in [-0.05, 0) is 26.0 Å². The molecule has 0 bridgehead atoms. The van der Waals surface area contributed by atoms with Crippen LogP contribution in [0.25, 0.3) is 0 Å². The van der Waals surface area contributed by atoms with Crippen LogP contribution in [0.2, 0.25) is 0 Å². The summed E-state index contributed by atoms with van der Waals surface area (Å²) in [6.45, 7) is 5.18. The molecule has 3 nitrogen and oxygen atoms in total. The molecule has 0 aliphatic carbocycles. The molecule has 1 radical (unpaired) electrons. The summed E-state index contributed by atoms with van der Waals surface area (Å²) >= 11 is 0. The van der Waals surface area contributed by atoms with E-state index in [1.807, 2.05) is 0 Å². The lowest BCUT2D eigenvalue weighted by Crippen LogP contribution is -2.10. The van der Waals surface area contributed by atoms with Gasteiger partial charge < -0.3 is 9.15 Å². The maximum atomic E-state index is 11.0. The smallest absolute Gasteiger partial charge is 0.374 e. The first-order valence-electron chi connectivity index (χ1n) is 3.27. The van der Waals surface area contributed by atoms with Crippen LogP contribution in [0.5, 0.6) is 0 Å². The van der Waals surface area contributed by atoms with Crippen molar-refractivity contribution in [3.8, 4) is 0 Å². The first-order valence-corrected chi connectivity index (χ1v) is 3.27. The second-order valence-electron chi connectivity index (χ2n) is 2.19. The van der Waals surface area contributed by atoms with Gasteiger partial charge in [-0.1, -0.05) is 0 Å². The molecule has 59 valence electrons. The molecule has 1 aromatic heterocycles. The Balaban J connectivity index is 2.57. The molecule has 1 aromatic rings. The Kier molecular flexibility index (Phi) is 2.31. The van der Waals surface area contributed by atoms with E-state index in [-0.39, 0.29) is 11.9 Å². The van der Waals surface area contributed by atoms with Crippen LogP contribution in [0.4, 0.5) is 0 Å². The van der Waals surface area contributed by atoms with Gasteiger partial charge in [-0.3, -0.25) is 0 Å². The third-order valence-corrected chi connectivity index (χ3v) is 1.03. The first-order chi connectivity index (χ1) is 5.20. The van der Waals surface area contributed by atoms with Crippen molar-refractivity contribution in [3.05, 3.63) is 31.1 Å². The number of esters is 1. The lowest BCUT2D eigenvalue weighted by molar-refractivity contribution is 0.0384. The van der Waals surface area contributed by atoms with Gasteiger partial charge in [0.2, 0.25) is 5.76 Å². The predicted octanol–water partition coefficient (Wildman–Crippen LogP) is 1.66. The van der Waals surface area contributed by atoms with Crippen molar-refractivity contribution >= 4 is 5.97 Å². The van der Waals surface area contributed by atoms with Crippen LogP contribution < -0.4 is 0 Å². The molecule has 0 aromatic carbocycles. The van der Waals surface area contributed by atoms with E-state index in [1.54, 1.807) is 19.1 Å². The van der Waals surface area contributed by atoms with Crippen molar-refractivity contribution in [2.75, 3.05) is 0 Å². The minimum Gasteiger partial charge on any atom is -0.457 e. The molecule has 0 aliphatic rings. The van der Waals surface area contributed by atoms with Gasteiger partial charge in [-0.25, -0.2) is 4.79 Å². The Morgan fingerprint density at radius 2 is 2.55 bits per heavy atom. The number of carbonyl (C=O) groups excluding carboxylic acids is 1. The van der Waals surface area contributed by atoms with Crippen LogP contribution in [-0.4, -0.2) is 12.1 Å². The lowest BCUT2D eigenvalue weighted by Gasteiger charge is -2.04. The molecule has 0 saturated carbocycles. The summed E-state index contributed by atoms with van der Waals surface area (Å²) in [6, 6.07) is 3.18. The summed E-state index contributed by atoms with van der Waals surface area (Å²) < 4.78 is 9.54. The highest BCUT2D eigenvalue weighted by Crippen LogP contribution is 2.03. The quantitative estimate of drug-likeness (QED) is 0.606. The Morgan fingerprint density at radius 3 is 3.00 bits per heavy atom. The van der Waals surface area contributed by atoms with Gasteiger partial charge in [-0.15, -0.1) is 0 Å². The van der Waals surface area contributed by atoms with E-state index in [0.717, 1.165) is 0 Å². The van der Waals surface area contributed by atoms with Crippen LogP contribution in [0.1, 0.15) is 17.5 Å². The van der Waals surface area contributed by atoms with Gasteiger partial charge in [0.25, 0.3) is 0 Å². The molecule has 3 heteroatoms. The van der Waals surface area contributed by atoms with Gasteiger partial charge >= 0.3 is 5.97 Å². The fourth-order valence-electron chi connectivity index (χ4n) is 0.636. The van der Waals surface area contributed by atoms with E-state index >= 15 is 0 Å². The SMILES string of the molecule is [CH2]C(C)OC(=O)c1ccco1. The molecule has 1 unspecified atom stereocenters. The zero-order valence-corrected chi connectivity index (χ0v) is 6.24. The number of furan rings is 1. The molecule has 0 N–H and O–H groups in total.